The molecule has 0 aliphatic carbocycles. The monoisotopic (exact) mass is 214 g/mol. The summed E-state index contributed by atoms with van der Waals surface area (Å²) < 4.78 is 5.33. The molecule has 4 heteroatoms. The van der Waals surface area contributed by atoms with E-state index in [1.807, 2.05) is 25.7 Å². The van der Waals surface area contributed by atoms with Gasteiger partial charge in [0.25, 0.3) is 0 Å². The molecule has 1 aliphatic heterocycles. The second-order valence-electron chi connectivity index (χ2n) is 4.62. The normalized spacial score (nSPS) is 22.5. The van der Waals surface area contributed by atoms with Gasteiger partial charge in [0, 0.05) is 20.2 Å². The van der Waals surface area contributed by atoms with Crippen LogP contribution in [-0.2, 0) is 9.53 Å². The predicted octanol–water partition coefficient (Wildman–Crippen LogP) is 0.622. The number of hydrogen-bond acceptors (Lipinski definition) is 3. The molecule has 0 saturated carbocycles. The molecule has 0 aromatic heterocycles. The number of carbonyl (C=O) groups is 1. The molecule has 1 saturated heterocycles. The van der Waals surface area contributed by atoms with Crippen molar-refractivity contribution in [3.8, 4) is 0 Å². The van der Waals surface area contributed by atoms with Crippen molar-refractivity contribution in [1.82, 2.24) is 10.2 Å². The molecule has 1 amide bonds. The quantitative estimate of drug-likeness (QED) is 0.729. The highest BCUT2D eigenvalue weighted by Gasteiger charge is 2.34. The number of nitrogens with one attached hydrogen (secondary N) is 1. The van der Waals surface area contributed by atoms with E-state index in [9.17, 15) is 4.79 Å². The second-order valence-corrected chi connectivity index (χ2v) is 4.62. The Kier molecular flexibility index (Phi) is 4.11. The number of ether oxygens (including phenoxy) is 1. The van der Waals surface area contributed by atoms with Crippen molar-refractivity contribution in [2.24, 2.45) is 0 Å². The summed E-state index contributed by atoms with van der Waals surface area (Å²) >= 11 is 0. The molecular formula is C11H22N2O2. The Bertz CT molecular complexity index is 229. The van der Waals surface area contributed by atoms with Gasteiger partial charge in [0.15, 0.2) is 0 Å². The Labute approximate surface area is 92.0 Å². The Morgan fingerprint density at radius 3 is 2.80 bits per heavy atom. The van der Waals surface area contributed by atoms with Crippen LogP contribution in [0.1, 0.15) is 27.2 Å². The molecule has 0 aromatic carbocycles. The van der Waals surface area contributed by atoms with Crippen molar-refractivity contribution in [2.45, 2.75) is 38.8 Å². The van der Waals surface area contributed by atoms with Crippen molar-refractivity contribution < 1.29 is 9.53 Å². The lowest BCUT2D eigenvalue weighted by Crippen LogP contribution is -2.44. The van der Waals surface area contributed by atoms with Gasteiger partial charge in [-0.1, -0.05) is 6.92 Å². The maximum Gasteiger partial charge on any atom is 0.239 e. The number of amides is 1. The van der Waals surface area contributed by atoms with E-state index in [4.69, 9.17) is 4.74 Å². The highest BCUT2D eigenvalue weighted by molar-refractivity contribution is 5.84. The van der Waals surface area contributed by atoms with E-state index in [-0.39, 0.29) is 17.6 Å². The molecule has 0 bridgehead atoms. The summed E-state index contributed by atoms with van der Waals surface area (Å²) in [5.41, 5.74) is -0.253. The summed E-state index contributed by atoms with van der Waals surface area (Å²) in [7, 11) is 1.68. The first-order chi connectivity index (χ1) is 7.00. The van der Waals surface area contributed by atoms with E-state index in [0.717, 1.165) is 19.5 Å². The average Bonchev–Trinajstić information content (AvgIpc) is 2.50. The minimum atomic E-state index is -0.253. The fourth-order valence-electron chi connectivity index (χ4n) is 1.86. The smallest absolute Gasteiger partial charge is 0.239 e. The maximum atomic E-state index is 11.9. The minimum absolute atomic E-state index is 0.0163. The SMILES string of the molecule is CCNC1CCN(CC(C)(C)OC)C1=O. The molecule has 0 radical (unpaired) electrons. The van der Waals surface area contributed by atoms with Crippen molar-refractivity contribution in [3.05, 3.63) is 0 Å². The lowest BCUT2D eigenvalue weighted by atomic mass is 10.1. The van der Waals surface area contributed by atoms with Crippen molar-refractivity contribution in [3.63, 3.8) is 0 Å². The number of likely N-dealkylation sites (N-methyl/N-ethyl adjacent to an activating group) is 1. The molecule has 1 unspecified atom stereocenters. The molecule has 1 fully saturated rings. The van der Waals surface area contributed by atoms with Crippen molar-refractivity contribution in [1.29, 1.82) is 0 Å². The molecule has 4 nitrogen and oxygen atoms in total. The van der Waals surface area contributed by atoms with Gasteiger partial charge in [-0.15, -0.1) is 0 Å². The van der Waals surface area contributed by atoms with Crippen LogP contribution in [0, 0.1) is 0 Å². The van der Waals surface area contributed by atoms with E-state index >= 15 is 0 Å². The molecule has 1 atom stereocenters. The minimum Gasteiger partial charge on any atom is -0.377 e. The van der Waals surface area contributed by atoms with Crippen LogP contribution in [0.2, 0.25) is 0 Å². The first-order valence-electron chi connectivity index (χ1n) is 5.57. The molecular weight excluding hydrogens is 192 g/mol. The van der Waals surface area contributed by atoms with Crippen molar-refractivity contribution in [2.75, 3.05) is 26.7 Å². The van der Waals surface area contributed by atoms with Crippen LogP contribution in [0.25, 0.3) is 0 Å². The van der Waals surface area contributed by atoms with Crippen LogP contribution < -0.4 is 5.32 Å². The largest absolute Gasteiger partial charge is 0.377 e. The summed E-state index contributed by atoms with van der Waals surface area (Å²) in [6.07, 6.45) is 0.909. The van der Waals surface area contributed by atoms with E-state index in [1.54, 1.807) is 7.11 Å². The zero-order chi connectivity index (χ0) is 11.5. The van der Waals surface area contributed by atoms with Crippen LogP contribution >= 0.6 is 0 Å². The first-order valence-corrected chi connectivity index (χ1v) is 5.57. The Morgan fingerprint density at radius 1 is 1.60 bits per heavy atom. The molecule has 0 spiro atoms. The number of nitrogens with zero attached hydrogens (tertiary/aromatic N) is 1. The first kappa shape index (κ1) is 12.5. The van der Waals surface area contributed by atoms with Crippen LogP contribution in [0.5, 0.6) is 0 Å². The predicted molar refractivity (Wildman–Crippen MR) is 59.7 cm³/mol. The van der Waals surface area contributed by atoms with Gasteiger partial charge in [-0.25, -0.2) is 0 Å². The van der Waals surface area contributed by atoms with Crippen LogP contribution in [0.3, 0.4) is 0 Å². The van der Waals surface area contributed by atoms with E-state index in [0.29, 0.717) is 6.54 Å². The molecule has 1 rings (SSSR count). The van der Waals surface area contributed by atoms with Crippen LogP contribution in [0.4, 0.5) is 0 Å². The van der Waals surface area contributed by atoms with Gasteiger partial charge in [-0.2, -0.15) is 0 Å². The summed E-state index contributed by atoms with van der Waals surface area (Å²) in [5, 5.41) is 3.20. The van der Waals surface area contributed by atoms with Gasteiger partial charge in [0.05, 0.1) is 11.6 Å². The number of methoxy groups -OCH3 is 1. The molecule has 1 N–H and O–H groups in total. The molecule has 0 aromatic rings. The van der Waals surface area contributed by atoms with Gasteiger partial charge in [0.2, 0.25) is 5.91 Å². The number of likely N-dealkylation sites (tertiary alicyclic amines) is 1. The molecule has 1 aliphatic rings. The number of rotatable bonds is 5. The second kappa shape index (κ2) is 4.94. The van der Waals surface area contributed by atoms with Gasteiger partial charge in [0.1, 0.15) is 0 Å². The Balaban J connectivity index is 2.49. The maximum absolute atomic E-state index is 11.9. The summed E-state index contributed by atoms with van der Waals surface area (Å²) in [6.45, 7) is 8.38. The van der Waals surface area contributed by atoms with E-state index in [2.05, 4.69) is 5.32 Å². The lowest BCUT2D eigenvalue weighted by Gasteiger charge is -2.29. The van der Waals surface area contributed by atoms with Crippen LogP contribution in [-0.4, -0.2) is 49.2 Å². The Hall–Kier alpha value is -0.610. The van der Waals surface area contributed by atoms with E-state index in [1.165, 1.54) is 0 Å². The topological polar surface area (TPSA) is 41.6 Å². The summed E-state index contributed by atoms with van der Waals surface area (Å²) in [5.74, 6) is 0.210. The van der Waals surface area contributed by atoms with Gasteiger partial charge >= 0.3 is 0 Å². The van der Waals surface area contributed by atoms with Crippen LogP contribution in [0.15, 0.2) is 0 Å². The zero-order valence-electron chi connectivity index (χ0n) is 10.2. The third kappa shape index (κ3) is 3.18. The van der Waals surface area contributed by atoms with Gasteiger partial charge in [-0.3, -0.25) is 4.79 Å². The number of carbonyl (C=O) groups excluding carboxylic acids is 1. The van der Waals surface area contributed by atoms with Crippen molar-refractivity contribution >= 4 is 5.91 Å². The average molecular weight is 214 g/mol. The molecule has 15 heavy (non-hydrogen) atoms. The van der Waals surface area contributed by atoms with Gasteiger partial charge < -0.3 is 15.0 Å². The Morgan fingerprint density at radius 2 is 2.27 bits per heavy atom. The highest BCUT2D eigenvalue weighted by atomic mass is 16.5. The standard InChI is InChI=1S/C11H22N2O2/c1-5-12-9-6-7-13(10(9)14)8-11(2,3)15-4/h9,12H,5-8H2,1-4H3. The fraction of sp³-hybridized carbons (Fsp3) is 0.909. The number of hydrogen-bond donors (Lipinski definition) is 1. The lowest BCUT2D eigenvalue weighted by molar-refractivity contribution is -0.132. The third-order valence-corrected chi connectivity index (χ3v) is 2.87. The summed E-state index contributed by atoms with van der Waals surface area (Å²) in [4.78, 5) is 13.8. The summed E-state index contributed by atoms with van der Waals surface area (Å²) in [6, 6.07) is 0.0163. The highest BCUT2D eigenvalue weighted by Crippen LogP contribution is 2.17. The zero-order valence-corrected chi connectivity index (χ0v) is 10.2. The van der Waals surface area contributed by atoms with E-state index < -0.39 is 0 Å². The molecule has 1 heterocycles. The fourth-order valence-corrected chi connectivity index (χ4v) is 1.86. The van der Waals surface area contributed by atoms with Gasteiger partial charge in [-0.05, 0) is 26.8 Å². The molecule has 88 valence electrons. The third-order valence-electron chi connectivity index (χ3n) is 2.87.